The Labute approximate surface area is 108 Å². The zero-order chi connectivity index (χ0) is 15.8. The molecule has 0 aliphatic rings. The zero-order valence-corrected chi connectivity index (χ0v) is 9.97. The molecule has 0 heterocycles. The van der Waals surface area contributed by atoms with Gasteiger partial charge in [0.15, 0.2) is 38.9 Å². The number of carboxylic acids is 2. The molecule has 11 heteroatoms. The molecule has 20 heavy (non-hydrogen) atoms. The number of carbonyl (C=O) groups is 2. The zero-order valence-electron chi connectivity index (χ0n) is 9.15. The highest BCUT2D eigenvalue weighted by Gasteiger charge is 2.36. The fraction of sp³-hybridized carbons (Fsp3) is 0.111. The van der Waals surface area contributed by atoms with E-state index in [9.17, 15) is 35.6 Å². The number of rotatable bonds is 4. The van der Waals surface area contributed by atoms with Crippen LogP contribution in [0.3, 0.4) is 0 Å². The van der Waals surface area contributed by atoms with Crippen molar-refractivity contribution in [2.24, 2.45) is 0 Å². The van der Waals surface area contributed by atoms with Gasteiger partial charge in [0.2, 0.25) is 0 Å². The number of halogens is 4. The number of aliphatic carboxylic acids is 1. The molecule has 0 aliphatic carbocycles. The Morgan fingerprint density at radius 2 is 1.30 bits per heavy atom. The van der Waals surface area contributed by atoms with Crippen molar-refractivity contribution in [3.05, 3.63) is 28.8 Å². The number of benzene rings is 1. The summed E-state index contributed by atoms with van der Waals surface area (Å²) in [5, 5.41) is 16.6. The van der Waals surface area contributed by atoms with Crippen molar-refractivity contribution in [3.63, 3.8) is 0 Å². The van der Waals surface area contributed by atoms with Gasteiger partial charge < -0.3 is 10.2 Å². The largest absolute Gasteiger partial charge is 0.480 e. The van der Waals surface area contributed by atoms with E-state index in [1.54, 1.807) is 0 Å². The van der Waals surface area contributed by atoms with E-state index in [4.69, 9.17) is 10.2 Å². The maximum Gasteiger partial charge on any atom is 0.341 e. The number of sulfone groups is 1. The van der Waals surface area contributed by atoms with Gasteiger partial charge in [0.05, 0.1) is 0 Å². The highest BCUT2D eigenvalue weighted by molar-refractivity contribution is 7.92. The average Bonchev–Trinajstić information content (AvgIpc) is 2.24. The second-order valence-corrected chi connectivity index (χ2v) is 5.34. The standard InChI is InChI=1S/C9H4F4O6S/c10-4-3(9(16)17)5(11)7(13)8(6(4)12)20(18,19)1-2(14)15/h1H2,(H,14,15)(H,16,17). The van der Waals surface area contributed by atoms with Gasteiger partial charge in [-0.05, 0) is 0 Å². The molecule has 1 aromatic rings. The Hall–Kier alpha value is -2.17. The first-order chi connectivity index (χ1) is 9.00. The second-order valence-electron chi connectivity index (χ2n) is 3.42. The lowest BCUT2D eigenvalue weighted by Gasteiger charge is -2.09. The summed E-state index contributed by atoms with van der Waals surface area (Å²) in [7, 11) is -5.23. The van der Waals surface area contributed by atoms with Crippen LogP contribution >= 0.6 is 0 Å². The SMILES string of the molecule is O=C(O)CS(=O)(=O)c1c(F)c(F)c(C(=O)O)c(F)c1F. The van der Waals surface area contributed by atoms with Crippen molar-refractivity contribution in [3.8, 4) is 0 Å². The summed E-state index contributed by atoms with van der Waals surface area (Å²) in [6, 6.07) is 0. The molecule has 0 radical (unpaired) electrons. The van der Waals surface area contributed by atoms with E-state index in [2.05, 4.69) is 0 Å². The van der Waals surface area contributed by atoms with Gasteiger partial charge in [0.25, 0.3) is 0 Å². The van der Waals surface area contributed by atoms with Crippen molar-refractivity contribution >= 4 is 21.8 Å². The number of carboxylic acid groups (broad SMARTS) is 2. The molecule has 0 spiro atoms. The second kappa shape index (κ2) is 5.07. The quantitative estimate of drug-likeness (QED) is 0.628. The minimum atomic E-state index is -5.23. The lowest BCUT2D eigenvalue weighted by Crippen LogP contribution is -2.21. The van der Waals surface area contributed by atoms with Crippen LogP contribution in [0.4, 0.5) is 17.6 Å². The van der Waals surface area contributed by atoms with Crippen molar-refractivity contribution < 1.29 is 45.8 Å². The minimum absolute atomic E-state index is 1.83. The highest BCUT2D eigenvalue weighted by Crippen LogP contribution is 2.28. The molecule has 0 aromatic heterocycles. The van der Waals surface area contributed by atoms with Crippen molar-refractivity contribution in [2.75, 3.05) is 5.75 Å². The molecule has 0 amide bonds. The van der Waals surface area contributed by atoms with Crippen LogP contribution in [0.5, 0.6) is 0 Å². The summed E-state index contributed by atoms with van der Waals surface area (Å²) < 4.78 is 75.9. The van der Waals surface area contributed by atoms with Gasteiger partial charge in [0, 0.05) is 0 Å². The van der Waals surface area contributed by atoms with Crippen LogP contribution in [0.2, 0.25) is 0 Å². The van der Waals surface area contributed by atoms with Crippen LogP contribution in [0.15, 0.2) is 4.90 Å². The van der Waals surface area contributed by atoms with E-state index >= 15 is 0 Å². The van der Waals surface area contributed by atoms with Crippen LogP contribution in [-0.2, 0) is 14.6 Å². The molecule has 1 rings (SSSR count). The van der Waals surface area contributed by atoms with Gasteiger partial charge >= 0.3 is 11.9 Å². The molecular weight excluding hydrogens is 312 g/mol. The predicted molar refractivity (Wildman–Crippen MR) is 52.9 cm³/mol. The fourth-order valence-corrected chi connectivity index (χ4v) is 2.50. The third-order valence-electron chi connectivity index (χ3n) is 2.06. The molecule has 2 N–H and O–H groups in total. The predicted octanol–water partition coefficient (Wildman–Crippen LogP) is 0.800. The summed E-state index contributed by atoms with van der Waals surface area (Å²) in [4.78, 5) is 18.5. The van der Waals surface area contributed by atoms with Gasteiger partial charge in [-0.1, -0.05) is 0 Å². The Balaban J connectivity index is 3.77. The van der Waals surface area contributed by atoms with Crippen LogP contribution < -0.4 is 0 Å². The first-order valence-corrected chi connectivity index (χ1v) is 6.19. The maximum absolute atomic E-state index is 13.4. The first kappa shape index (κ1) is 15.9. The van der Waals surface area contributed by atoms with Crippen LogP contribution in [0, 0.1) is 23.3 Å². The van der Waals surface area contributed by atoms with Crippen LogP contribution in [0.1, 0.15) is 10.4 Å². The third-order valence-corrected chi connectivity index (χ3v) is 3.67. The molecule has 0 saturated heterocycles. The van der Waals surface area contributed by atoms with E-state index in [1.165, 1.54) is 0 Å². The van der Waals surface area contributed by atoms with E-state index in [0.29, 0.717) is 0 Å². The Morgan fingerprint density at radius 3 is 1.60 bits per heavy atom. The Bertz CT molecular complexity index is 683. The molecular formula is C9H4F4O6S. The van der Waals surface area contributed by atoms with Gasteiger partial charge in [0.1, 0.15) is 10.5 Å². The molecule has 110 valence electrons. The van der Waals surface area contributed by atoms with Gasteiger partial charge in [-0.15, -0.1) is 0 Å². The number of aromatic carboxylic acids is 1. The fourth-order valence-electron chi connectivity index (χ4n) is 1.31. The van der Waals surface area contributed by atoms with E-state index in [0.717, 1.165) is 0 Å². The summed E-state index contributed by atoms with van der Waals surface area (Å²) >= 11 is 0. The Morgan fingerprint density at radius 1 is 0.900 bits per heavy atom. The lowest BCUT2D eigenvalue weighted by atomic mass is 10.2. The van der Waals surface area contributed by atoms with Crippen LogP contribution in [-0.4, -0.2) is 36.3 Å². The van der Waals surface area contributed by atoms with E-state index in [-0.39, 0.29) is 0 Å². The van der Waals surface area contributed by atoms with Crippen molar-refractivity contribution in [1.82, 2.24) is 0 Å². The Kier molecular flexibility index (Phi) is 4.03. The number of hydrogen-bond donors (Lipinski definition) is 2. The molecule has 1 aromatic carbocycles. The van der Waals surface area contributed by atoms with Crippen molar-refractivity contribution in [2.45, 2.75) is 4.90 Å². The minimum Gasteiger partial charge on any atom is -0.480 e. The molecule has 6 nitrogen and oxygen atoms in total. The normalized spacial score (nSPS) is 11.4. The van der Waals surface area contributed by atoms with Crippen molar-refractivity contribution in [1.29, 1.82) is 0 Å². The lowest BCUT2D eigenvalue weighted by molar-refractivity contribution is -0.134. The average molecular weight is 316 g/mol. The van der Waals surface area contributed by atoms with E-state index < -0.39 is 61.3 Å². The highest BCUT2D eigenvalue weighted by atomic mass is 32.2. The summed E-state index contributed by atoms with van der Waals surface area (Å²) in [5.41, 5.74) is -2.02. The molecule has 0 atom stereocenters. The molecule has 0 fully saturated rings. The summed E-state index contributed by atoms with van der Waals surface area (Å²) in [5.74, 6) is -16.1. The monoisotopic (exact) mass is 316 g/mol. The molecule has 0 unspecified atom stereocenters. The summed E-state index contributed by atoms with van der Waals surface area (Å²) in [6.07, 6.45) is 0. The topological polar surface area (TPSA) is 109 Å². The molecule has 0 aliphatic heterocycles. The first-order valence-electron chi connectivity index (χ1n) is 4.54. The van der Waals surface area contributed by atoms with Crippen LogP contribution in [0.25, 0.3) is 0 Å². The molecule has 0 saturated carbocycles. The van der Waals surface area contributed by atoms with Gasteiger partial charge in [-0.2, -0.15) is 0 Å². The maximum atomic E-state index is 13.4. The smallest absolute Gasteiger partial charge is 0.341 e. The molecule has 0 bridgehead atoms. The van der Waals surface area contributed by atoms with Gasteiger partial charge in [-0.3, -0.25) is 4.79 Å². The summed E-state index contributed by atoms with van der Waals surface area (Å²) in [6.45, 7) is 0. The van der Waals surface area contributed by atoms with E-state index in [1.807, 2.05) is 0 Å². The van der Waals surface area contributed by atoms with Gasteiger partial charge in [-0.25, -0.2) is 30.8 Å². The number of hydrogen-bond acceptors (Lipinski definition) is 4. The third kappa shape index (κ3) is 2.57.